The fourth-order valence-corrected chi connectivity index (χ4v) is 5.93. The lowest BCUT2D eigenvalue weighted by Crippen LogP contribution is -2.46. The second kappa shape index (κ2) is 11.5. The maximum atomic E-state index is 13.0. The van der Waals surface area contributed by atoms with E-state index in [4.69, 9.17) is 11.6 Å². The second-order valence-corrected chi connectivity index (χ2v) is 11.4. The van der Waals surface area contributed by atoms with Crippen molar-refractivity contribution >= 4 is 39.2 Å². The highest BCUT2D eigenvalue weighted by atomic mass is 35.5. The molecule has 1 saturated heterocycles. The van der Waals surface area contributed by atoms with Crippen LogP contribution in [0.4, 0.5) is 0 Å². The van der Waals surface area contributed by atoms with E-state index in [9.17, 15) is 18.0 Å². The molecular weight excluding hydrogens is 518 g/mol. The van der Waals surface area contributed by atoms with Crippen molar-refractivity contribution in [2.45, 2.75) is 43.8 Å². The summed E-state index contributed by atoms with van der Waals surface area (Å²) < 4.78 is 28.9. The first kappa shape index (κ1) is 27.0. The number of benzene rings is 1. The van der Waals surface area contributed by atoms with E-state index in [1.165, 1.54) is 10.4 Å². The van der Waals surface area contributed by atoms with E-state index in [0.29, 0.717) is 38.3 Å². The average molecular weight is 548 g/mol. The number of carbonyl (C=O) groups is 2. The third-order valence-corrected chi connectivity index (χ3v) is 8.24. The number of sulfonamides is 1. The molecule has 2 aliphatic heterocycles. The maximum Gasteiger partial charge on any atom is 0.269 e. The lowest BCUT2D eigenvalue weighted by molar-refractivity contribution is -0.122. The number of hydrogen-bond acceptors (Lipinski definition) is 7. The van der Waals surface area contributed by atoms with Gasteiger partial charge in [-0.3, -0.25) is 14.6 Å². The number of dihydropyridines is 1. The summed E-state index contributed by atoms with van der Waals surface area (Å²) in [5, 5.41) is 13.2. The smallest absolute Gasteiger partial charge is 0.269 e. The molecular formula is C24H30ClN7O4S. The Hall–Kier alpha value is -3.06. The van der Waals surface area contributed by atoms with Crippen molar-refractivity contribution in [2.24, 2.45) is 4.99 Å². The molecule has 4 rings (SSSR count). The van der Waals surface area contributed by atoms with Gasteiger partial charge in [-0.25, -0.2) is 13.1 Å². The minimum atomic E-state index is -3.69. The van der Waals surface area contributed by atoms with E-state index in [-0.39, 0.29) is 40.0 Å². The summed E-state index contributed by atoms with van der Waals surface area (Å²) in [5.74, 6) is -0.604. The largest absolute Gasteiger partial charge is 0.350 e. The van der Waals surface area contributed by atoms with E-state index in [2.05, 4.69) is 26.0 Å². The Kier molecular flexibility index (Phi) is 8.42. The number of nitrogens with zero attached hydrogens (tertiary/aromatic N) is 4. The van der Waals surface area contributed by atoms with Gasteiger partial charge in [-0.15, -0.1) is 0 Å². The Morgan fingerprint density at radius 1 is 1.24 bits per heavy atom. The van der Waals surface area contributed by atoms with Crippen LogP contribution >= 0.6 is 11.6 Å². The highest BCUT2D eigenvalue weighted by Gasteiger charge is 2.28. The minimum absolute atomic E-state index is 0.0305. The zero-order valence-corrected chi connectivity index (χ0v) is 22.2. The van der Waals surface area contributed by atoms with Crippen LogP contribution in [0.25, 0.3) is 5.69 Å². The van der Waals surface area contributed by atoms with Crippen LogP contribution < -0.4 is 16.0 Å². The van der Waals surface area contributed by atoms with Crippen LogP contribution in [-0.4, -0.2) is 78.3 Å². The molecule has 0 radical (unpaired) electrons. The van der Waals surface area contributed by atoms with Gasteiger partial charge in [0.1, 0.15) is 16.6 Å². The molecule has 2 aromatic rings. The second-order valence-electron chi connectivity index (χ2n) is 9.08. The molecule has 37 heavy (non-hydrogen) atoms. The van der Waals surface area contributed by atoms with E-state index in [1.807, 2.05) is 13.8 Å². The molecule has 3 heterocycles. The summed E-state index contributed by atoms with van der Waals surface area (Å²) in [7, 11) is -3.69. The summed E-state index contributed by atoms with van der Waals surface area (Å²) in [6.45, 7) is 5.90. The zero-order valence-electron chi connectivity index (χ0n) is 20.6. The summed E-state index contributed by atoms with van der Waals surface area (Å²) in [4.78, 5) is 29.2. The van der Waals surface area contributed by atoms with Gasteiger partial charge in [0.2, 0.25) is 15.9 Å². The molecule has 1 aromatic heterocycles. The van der Waals surface area contributed by atoms with E-state index in [0.717, 1.165) is 5.56 Å². The SMILES string of the molecule is CC(C)NC(=O)C1=NC(C(=O)NCc2cnn(-c3ccc(S(=O)(=O)N4CCNCC4)c(Cl)c3)c2)CC=C1. The molecule has 11 nitrogen and oxygen atoms in total. The highest BCUT2D eigenvalue weighted by Crippen LogP contribution is 2.27. The summed E-state index contributed by atoms with van der Waals surface area (Å²) in [5.41, 5.74) is 1.55. The third kappa shape index (κ3) is 6.45. The molecule has 1 fully saturated rings. The number of nitrogens with one attached hydrogen (secondary N) is 3. The quantitative estimate of drug-likeness (QED) is 0.451. The van der Waals surface area contributed by atoms with Crippen LogP contribution in [-0.2, 0) is 26.2 Å². The molecule has 2 aliphatic rings. The molecule has 2 amide bonds. The fraction of sp³-hybridized carbons (Fsp3) is 0.417. The van der Waals surface area contributed by atoms with Crippen molar-refractivity contribution in [3.05, 3.63) is 53.3 Å². The number of piperazine rings is 1. The van der Waals surface area contributed by atoms with Crippen molar-refractivity contribution < 1.29 is 18.0 Å². The Balaban J connectivity index is 1.39. The number of aliphatic imine (C=N–C) groups is 1. The van der Waals surface area contributed by atoms with Gasteiger partial charge in [0.15, 0.2) is 0 Å². The molecule has 0 spiro atoms. The Morgan fingerprint density at radius 3 is 2.70 bits per heavy atom. The van der Waals surface area contributed by atoms with Gasteiger partial charge in [-0.2, -0.15) is 9.40 Å². The first-order valence-electron chi connectivity index (χ1n) is 12.0. The molecule has 1 aromatic carbocycles. The number of hydrogen-bond donors (Lipinski definition) is 3. The van der Waals surface area contributed by atoms with Crippen LogP contribution in [0, 0.1) is 0 Å². The normalized spacial score (nSPS) is 18.5. The Morgan fingerprint density at radius 2 is 2.00 bits per heavy atom. The number of halogens is 1. The van der Waals surface area contributed by atoms with Crippen molar-refractivity contribution in [3.8, 4) is 5.69 Å². The van der Waals surface area contributed by atoms with Gasteiger partial charge in [-0.1, -0.05) is 17.7 Å². The Bertz CT molecular complexity index is 1330. The topological polar surface area (TPSA) is 138 Å². The monoisotopic (exact) mass is 547 g/mol. The molecule has 0 bridgehead atoms. The predicted molar refractivity (Wildman–Crippen MR) is 140 cm³/mol. The summed E-state index contributed by atoms with van der Waals surface area (Å²) in [6.07, 6.45) is 7.12. The summed E-state index contributed by atoms with van der Waals surface area (Å²) >= 11 is 6.37. The summed E-state index contributed by atoms with van der Waals surface area (Å²) in [6, 6.07) is 3.97. The molecule has 1 atom stereocenters. The van der Waals surface area contributed by atoms with Gasteiger partial charge >= 0.3 is 0 Å². The zero-order chi connectivity index (χ0) is 26.6. The van der Waals surface area contributed by atoms with E-state index < -0.39 is 16.1 Å². The maximum absolute atomic E-state index is 13.0. The van der Waals surface area contributed by atoms with Gasteiger partial charge in [-0.05, 0) is 44.5 Å². The highest BCUT2D eigenvalue weighted by molar-refractivity contribution is 7.89. The molecule has 1 unspecified atom stereocenters. The van der Waals surface area contributed by atoms with Crippen LogP contribution in [0.5, 0.6) is 0 Å². The van der Waals surface area contributed by atoms with Gasteiger partial charge < -0.3 is 16.0 Å². The fourth-order valence-electron chi connectivity index (χ4n) is 3.97. The van der Waals surface area contributed by atoms with Crippen LogP contribution in [0.2, 0.25) is 5.02 Å². The number of carbonyl (C=O) groups excluding carboxylic acids is 2. The van der Waals surface area contributed by atoms with Crippen molar-refractivity contribution in [2.75, 3.05) is 26.2 Å². The van der Waals surface area contributed by atoms with Crippen molar-refractivity contribution in [1.82, 2.24) is 30.0 Å². The lowest BCUT2D eigenvalue weighted by Gasteiger charge is -2.27. The number of aromatic nitrogens is 2. The van der Waals surface area contributed by atoms with Gasteiger partial charge in [0.25, 0.3) is 5.91 Å². The predicted octanol–water partition coefficient (Wildman–Crippen LogP) is 1.03. The first-order chi connectivity index (χ1) is 17.6. The Labute approximate surface area is 221 Å². The molecule has 13 heteroatoms. The molecule has 198 valence electrons. The number of amides is 2. The molecule has 0 saturated carbocycles. The van der Waals surface area contributed by atoms with Crippen LogP contribution in [0.3, 0.4) is 0 Å². The van der Waals surface area contributed by atoms with Gasteiger partial charge in [0.05, 0.1) is 16.9 Å². The van der Waals surface area contributed by atoms with Crippen molar-refractivity contribution in [3.63, 3.8) is 0 Å². The first-order valence-corrected chi connectivity index (χ1v) is 13.8. The standard InChI is InChI=1S/C24H30ClN7O4S/c1-16(2)29-24(34)21-5-3-4-20(30-21)23(33)27-13-17-14-28-32(15-17)18-6-7-22(19(25)12-18)37(35,36)31-10-8-26-9-11-31/h3,5-7,12,14-16,20,26H,4,8-11,13H2,1-2H3,(H,27,33)(H,29,34). The minimum Gasteiger partial charge on any atom is -0.350 e. The molecule has 3 N–H and O–H groups in total. The number of rotatable bonds is 8. The molecule has 0 aliphatic carbocycles. The van der Waals surface area contributed by atoms with Crippen LogP contribution in [0.1, 0.15) is 25.8 Å². The lowest BCUT2D eigenvalue weighted by atomic mass is 10.1. The van der Waals surface area contributed by atoms with E-state index >= 15 is 0 Å². The average Bonchev–Trinajstić information content (AvgIpc) is 3.36. The third-order valence-electron chi connectivity index (χ3n) is 5.86. The van der Waals surface area contributed by atoms with Gasteiger partial charge in [0, 0.05) is 50.5 Å². The van der Waals surface area contributed by atoms with E-state index in [1.54, 1.807) is 41.4 Å². The van der Waals surface area contributed by atoms with Crippen LogP contribution in [0.15, 0.2) is 52.6 Å². The van der Waals surface area contributed by atoms with Crippen molar-refractivity contribution in [1.29, 1.82) is 0 Å².